The number of rotatable bonds is 11. The fourth-order valence-corrected chi connectivity index (χ4v) is 5.21. The van der Waals surface area contributed by atoms with E-state index in [-0.39, 0.29) is 39.8 Å². The van der Waals surface area contributed by atoms with Crippen molar-refractivity contribution in [1.82, 2.24) is 5.32 Å². The second kappa shape index (κ2) is 12.4. The van der Waals surface area contributed by atoms with E-state index in [4.69, 9.17) is 16.3 Å². The van der Waals surface area contributed by atoms with Crippen LogP contribution in [-0.4, -0.2) is 45.4 Å². The molecule has 0 fully saturated rings. The zero-order chi connectivity index (χ0) is 28.7. The molecule has 0 aromatic heterocycles. The van der Waals surface area contributed by atoms with Gasteiger partial charge in [0.25, 0.3) is 21.6 Å². The van der Waals surface area contributed by atoms with E-state index in [0.29, 0.717) is 0 Å². The molecule has 0 saturated carbocycles. The van der Waals surface area contributed by atoms with Crippen molar-refractivity contribution in [3.63, 3.8) is 0 Å². The van der Waals surface area contributed by atoms with Gasteiger partial charge in [0.05, 0.1) is 33.9 Å². The lowest BCUT2D eigenvalue weighted by molar-refractivity contribution is -0.385. The Labute approximate surface area is 230 Å². The summed E-state index contributed by atoms with van der Waals surface area (Å²) in [5.74, 6) is -1.19. The number of anilines is 2. The fourth-order valence-electron chi connectivity index (χ4n) is 3.60. The van der Waals surface area contributed by atoms with E-state index in [2.05, 4.69) is 17.2 Å². The van der Waals surface area contributed by atoms with Crippen LogP contribution in [0.15, 0.2) is 78.2 Å². The number of nitrogens with zero attached hydrogens (tertiary/aromatic N) is 2. The Morgan fingerprint density at radius 1 is 1.15 bits per heavy atom. The summed E-state index contributed by atoms with van der Waals surface area (Å²) in [5.41, 5.74) is 0.0790. The number of carbonyl (C=O) groups is 2. The maximum Gasteiger partial charge on any atom is 0.273 e. The molecule has 11 nitrogen and oxygen atoms in total. The number of benzene rings is 3. The molecule has 13 heteroatoms. The number of nitrogens with one attached hydrogen (secondary N) is 2. The van der Waals surface area contributed by atoms with Gasteiger partial charge in [-0.05, 0) is 43.3 Å². The summed E-state index contributed by atoms with van der Waals surface area (Å²) in [6.07, 6.45) is 1.50. The van der Waals surface area contributed by atoms with Crippen LogP contribution in [0.2, 0.25) is 5.02 Å². The van der Waals surface area contributed by atoms with Crippen LogP contribution in [0.25, 0.3) is 0 Å². The van der Waals surface area contributed by atoms with Gasteiger partial charge in [-0.25, -0.2) is 8.42 Å². The molecule has 39 heavy (non-hydrogen) atoms. The molecule has 204 valence electrons. The van der Waals surface area contributed by atoms with Gasteiger partial charge in [-0.15, -0.1) is 6.58 Å². The van der Waals surface area contributed by atoms with Crippen LogP contribution in [0, 0.1) is 17.0 Å². The number of ether oxygens (including phenoxy) is 1. The Balaban J connectivity index is 2.06. The number of amides is 2. The quantitative estimate of drug-likeness (QED) is 0.197. The third-order valence-electron chi connectivity index (χ3n) is 5.51. The Kier molecular flexibility index (Phi) is 9.28. The van der Waals surface area contributed by atoms with Crippen LogP contribution in [0.4, 0.5) is 17.1 Å². The van der Waals surface area contributed by atoms with Gasteiger partial charge in [0.2, 0.25) is 5.91 Å². The molecule has 0 aliphatic rings. The minimum absolute atomic E-state index is 0.0691. The van der Waals surface area contributed by atoms with E-state index >= 15 is 0 Å². The van der Waals surface area contributed by atoms with Crippen molar-refractivity contribution in [2.45, 2.75) is 11.8 Å². The maximum absolute atomic E-state index is 13.8. The number of carbonyl (C=O) groups excluding carboxylic acids is 2. The molecule has 0 saturated heterocycles. The van der Waals surface area contributed by atoms with Crippen LogP contribution in [0.3, 0.4) is 0 Å². The third kappa shape index (κ3) is 6.72. The summed E-state index contributed by atoms with van der Waals surface area (Å²) in [6, 6.07) is 13.8. The van der Waals surface area contributed by atoms with Gasteiger partial charge < -0.3 is 15.4 Å². The molecule has 0 bridgehead atoms. The summed E-state index contributed by atoms with van der Waals surface area (Å²) in [5, 5.41) is 16.8. The smallest absolute Gasteiger partial charge is 0.273 e. The monoisotopic (exact) mass is 572 g/mol. The lowest BCUT2D eigenvalue weighted by Crippen LogP contribution is -2.38. The van der Waals surface area contributed by atoms with Crippen molar-refractivity contribution < 1.29 is 27.7 Å². The second-order valence-corrected chi connectivity index (χ2v) is 10.4. The highest BCUT2D eigenvalue weighted by atomic mass is 35.5. The van der Waals surface area contributed by atoms with E-state index in [0.717, 1.165) is 10.4 Å². The molecular formula is C26H25ClN4O7S. The molecule has 3 rings (SSSR count). The maximum atomic E-state index is 13.8. The summed E-state index contributed by atoms with van der Waals surface area (Å²) >= 11 is 6.15. The number of hydrogen-bond acceptors (Lipinski definition) is 7. The lowest BCUT2D eigenvalue weighted by atomic mass is 10.1. The molecule has 2 amide bonds. The average Bonchev–Trinajstić information content (AvgIpc) is 2.90. The zero-order valence-corrected chi connectivity index (χ0v) is 22.6. The van der Waals surface area contributed by atoms with Crippen molar-refractivity contribution in [1.29, 1.82) is 0 Å². The van der Waals surface area contributed by atoms with Gasteiger partial charge in [-0.3, -0.25) is 24.0 Å². The molecular weight excluding hydrogens is 548 g/mol. The van der Waals surface area contributed by atoms with Crippen molar-refractivity contribution in [3.05, 3.63) is 99.6 Å². The first kappa shape index (κ1) is 29.1. The van der Waals surface area contributed by atoms with Crippen LogP contribution < -0.4 is 19.7 Å². The molecule has 3 aromatic carbocycles. The van der Waals surface area contributed by atoms with Crippen LogP contribution in [0.5, 0.6) is 5.75 Å². The van der Waals surface area contributed by atoms with Crippen LogP contribution in [-0.2, 0) is 14.8 Å². The average molecular weight is 573 g/mol. The van der Waals surface area contributed by atoms with Gasteiger partial charge in [0.1, 0.15) is 12.3 Å². The fraction of sp³-hybridized carbons (Fsp3) is 0.154. The zero-order valence-electron chi connectivity index (χ0n) is 21.0. The molecule has 0 atom stereocenters. The van der Waals surface area contributed by atoms with Crippen molar-refractivity contribution in [3.8, 4) is 5.75 Å². The molecule has 0 unspecified atom stereocenters. The van der Waals surface area contributed by atoms with E-state index < -0.39 is 43.9 Å². The number of nitro groups is 1. The van der Waals surface area contributed by atoms with E-state index in [1.54, 1.807) is 12.1 Å². The van der Waals surface area contributed by atoms with E-state index in [9.17, 15) is 28.1 Å². The number of aryl methyl sites for hydroxylation is 1. The van der Waals surface area contributed by atoms with Crippen LogP contribution in [0.1, 0.15) is 15.9 Å². The van der Waals surface area contributed by atoms with Gasteiger partial charge in [-0.2, -0.15) is 0 Å². The molecule has 0 spiro atoms. The van der Waals surface area contributed by atoms with Crippen molar-refractivity contribution in [2.75, 3.05) is 29.8 Å². The highest BCUT2D eigenvalue weighted by Gasteiger charge is 2.31. The predicted octanol–water partition coefficient (Wildman–Crippen LogP) is 4.32. The normalized spacial score (nSPS) is 10.8. The predicted molar refractivity (Wildman–Crippen MR) is 148 cm³/mol. The summed E-state index contributed by atoms with van der Waals surface area (Å²) < 4.78 is 33.7. The highest BCUT2D eigenvalue weighted by molar-refractivity contribution is 7.92. The van der Waals surface area contributed by atoms with Crippen molar-refractivity contribution >= 4 is 50.5 Å². The second-order valence-electron chi connectivity index (χ2n) is 8.13. The number of methoxy groups -OCH3 is 1. The number of hydrogen-bond donors (Lipinski definition) is 2. The standard InChI is InChI=1S/C26H25ClN4O7S/c1-4-13-28-26(33)20-7-5-6-8-21(20)29-25(32)16-30(23-14-18(27)10-12-24(23)38-3)39(36,37)19-11-9-17(2)22(15-19)31(34)35/h4-12,14-15H,1,13,16H2,2-3H3,(H,28,33)(H,29,32). The Bertz CT molecular complexity index is 1540. The first-order valence-electron chi connectivity index (χ1n) is 11.4. The van der Waals surface area contributed by atoms with Gasteiger partial charge >= 0.3 is 0 Å². The summed E-state index contributed by atoms with van der Waals surface area (Å²) in [4.78, 5) is 36.1. The lowest BCUT2D eigenvalue weighted by Gasteiger charge is -2.26. The molecule has 2 N–H and O–H groups in total. The minimum atomic E-state index is -4.56. The molecule has 0 heterocycles. The van der Waals surface area contributed by atoms with E-state index in [1.165, 1.54) is 62.6 Å². The Hall–Kier alpha value is -4.42. The first-order valence-corrected chi connectivity index (χ1v) is 13.2. The Morgan fingerprint density at radius 3 is 2.54 bits per heavy atom. The third-order valence-corrected chi connectivity index (χ3v) is 7.51. The van der Waals surface area contributed by atoms with Gasteiger partial charge in [-0.1, -0.05) is 35.9 Å². The van der Waals surface area contributed by atoms with Crippen molar-refractivity contribution in [2.24, 2.45) is 0 Å². The SMILES string of the molecule is C=CCNC(=O)c1ccccc1NC(=O)CN(c1cc(Cl)ccc1OC)S(=O)(=O)c1ccc(C)c([N+](=O)[O-])c1. The number of para-hydroxylation sites is 1. The molecule has 0 aliphatic carbocycles. The van der Waals surface area contributed by atoms with Crippen LogP contribution >= 0.6 is 11.6 Å². The van der Waals surface area contributed by atoms with E-state index in [1.807, 2.05) is 0 Å². The number of nitro benzene ring substituents is 1. The summed E-state index contributed by atoms with van der Waals surface area (Å²) in [7, 11) is -3.25. The number of halogens is 1. The van der Waals surface area contributed by atoms with Gasteiger partial charge in [0, 0.05) is 23.2 Å². The Morgan fingerprint density at radius 2 is 1.87 bits per heavy atom. The van der Waals surface area contributed by atoms with Gasteiger partial charge in [0.15, 0.2) is 0 Å². The minimum Gasteiger partial charge on any atom is -0.495 e. The highest BCUT2D eigenvalue weighted by Crippen LogP contribution is 2.36. The first-order chi connectivity index (χ1) is 18.5. The number of sulfonamides is 1. The molecule has 0 aliphatic heterocycles. The topological polar surface area (TPSA) is 148 Å². The molecule has 0 radical (unpaired) electrons. The summed E-state index contributed by atoms with van der Waals surface area (Å²) in [6.45, 7) is 4.44. The largest absolute Gasteiger partial charge is 0.495 e. The molecule has 3 aromatic rings.